The molecule has 1 fully saturated rings. The van der Waals surface area contributed by atoms with Gasteiger partial charge < -0.3 is 5.32 Å². The first-order chi connectivity index (χ1) is 12.8. The molecule has 1 aliphatic carbocycles. The lowest BCUT2D eigenvalue weighted by atomic mass is 10.1. The van der Waals surface area contributed by atoms with Gasteiger partial charge in [-0.1, -0.05) is 36.7 Å². The monoisotopic (exact) mass is 406 g/mol. The molecule has 27 heavy (non-hydrogen) atoms. The second-order valence-electron chi connectivity index (χ2n) is 6.89. The van der Waals surface area contributed by atoms with Crippen LogP contribution in [0.1, 0.15) is 36.8 Å². The summed E-state index contributed by atoms with van der Waals surface area (Å²) in [5, 5.41) is 3.62. The molecule has 2 aromatic carbocycles. The molecule has 0 aliphatic heterocycles. The molecule has 0 aromatic heterocycles. The maximum absolute atomic E-state index is 12.6. The SMILES string of the molecule is CCCS(=O)(=O)Nc1cccc(NC(=O)C2CC2c2ccc(Cl)cc2)c1C. The van der Waals surface area contributed by atoms with Crippen LogP contribution in [0.5, 0.6) is 0 Å². The lowest BCUT2D eigenvalue weighted by Crippen LogP contribution is -2.18. The minimum atomic E-state index is -3.38. The highest BCUT2D eigenvalue weighted by molar-refractivity contribution is 7.92. The number of hydrogen-bond acceptors (Lipinski definition) is 3. The molecule has 0 bridgehead atoms. The van der Waals surface area contributed by atoms with E-state index < -0.39 is 10.0 Å². The molecule has 0 spiro atoms. The molecule has 2 atom stereocenters. The van der Waals surface area contributed by atoms with Crippen molar-refractivity contribution in [1.82, 2.24) is 0 Å². The minimum Gasteiger partial charge on any atom is -0.326 e. The summed E-state index contributed by atoms with van der Waals surface area (Å²) in [6.45, 7) is 3.61. The summed E-state index contributed by atoms with van der Waals surface area (Å²) in [7, 11) is -3.38. The first-order valence-electron chi connectivity index (χ1n) is 8.97. The van der Waals surface area contributed by atoms with Gasteiger partial charge in [0.1, 0.15) is 0 Å². The van der Waals surface area contributed by atoms with Gasteiger partial charge in [-0.2, -0.15) is 0 Å². The Labute approximate surface area is 165 Å². The van der Waals surface area contributed by atoms with Crippen molar-refractivity contribution in [1.29, 1.82) is 0 Å². The predicted octanol–water partition coefficient (Wildman–Crippen LogP) is 4.54. The van der Waals surface area contributed by atoms with E-state index in [1.54, 1.807) is 25.1 Å². The molecular formula is C20H23ClN2O3S. The number of rotatable bonds is 7. The van der Waals surface area contributed by atoms with Gasteiger partial charge in [0.2, 0.25) is 15.9 Å². The third-order valence-corrected chi connectivity index (χ3v) is 6.48. The number of amides is 1. The molecule has 1 saturated carbocycles. The smallest absolute Gasteiger partial charge is 0.232 e. The molecule has 1 aliphatic rings. The third-order valence-electron chi connectivity index (χ3n) is 4.76. The van der Waals surface area contributed by atoms with Crippen LogP contribution in [0, 0.1) is 12.8 Å². The molecule has 1 amide bonds. The zero-order chi connectivity index (χ0) is 19.6. The molecule has 0 saturated heterocycles. The Morgan fingerprint density at radius 3 is 2.48 bits per heavy atom. The fourth-order valence-electron chi connectivity index (χ4n) is 3.16. The standard InChI is InChI=1S/C20H23ClN2O3S/c1-3-11-27(25,26)23-19-6-4-5-18(13(19)2)22-20(24)17-12-16(17)14-7-9-15(21)10-8-14/h4-10,16-17,23H,3,11-12H2,1-2H3,(H,22,24). The predicted molar refractivity (Wildman–Crippen MR) is 110 cm³/mol. The van der Waals surface area contributed by atoms with Crippen molar-refractivity contribution in [2.45, 2.75) is 32.6 Å². The molecular weight excluding hydrogens is 384 g/mol. The topological polar surface area (TPSA) is 75.3 Å². The first-order valence-corrected chi connectivity index (χ1v) is 11.0. The average Bonchev–Trinajstić information content (AvgIpc) is 3.39. The van der Waals surface area contributed by atoms with Gasteiger partial charge >= 0.3 is 0 Å². The van der Waals surface area contributed by atoms with Crippen molar-refractivity contribution >= 4 is 38.9 Å². The van der Waals surface area contributed by atoms with Crippen molar-refractivity contribution in [3.63, 3.8) is 0 Å². The highest BCUT2D eigenvalue weighted by atomic mass is 35.5. The van der Waals surface area contributed by atoms with Crippen molar-refractivity contribution < 1.29 is 13.2 Å². The number of carbonyl (C=O) groups excluding carboxylic acids is 1. The van der Waals surface area contributed by atoms with E-state index in [0.29, 0.717) is 28.4 Å². The van der Waals surface area contributed by atoms with Crippen LogP contribution in [0.4, 0.5) is 11.4 Å². The number of sulfonamides is 1. The van der Waals surface area contributed by atoms with E-state index in [9.17, 15) is 13.2 Å². The molecule has 144 valence electrons. The molecule has 2 aromatic rings. The number of halogens is 1. The van der Waals surface area contributed by atoms with Crippen LogP contribution >= 0.6 is 11.6 Å². The number of carbonyl (C=O) groups is 1. The number of anilines is 2. The van der Waals surface area contributed by atoms with Crippen LogP contribution < -0.4 is 10.0 Å². The summed E-state index contributed by atoms with van der Waals surface area (Å²) in [4.78, 5) is 12.6. The van der Waals surface area contributed by atoms with E-state index in [4.69, 9.17) is 11.6 Å². The summed E-state index contributed by atoms with van der Waals surface area (Å²) < 4.78 is 26.6. The second-order valence-corrected chi connectivity index (χ2v) is 9.17. The summed E-state index contributed by atoms with van der Waals surface area (Å²) in [6, 6.07) is 12.8. The summed E-state index contributed by atoms with van der Waals surface area (Å²) >= 11 is 5.91. The van der Waals surface area contributed by atoms with E-state index in [-0.39, 0.29) is 23.5 Å². The maximum atomic E-state index is 12.6. The lowest BCUT2D eigenvalue weighted by Gasteiger charge is -2.14. The number of nitrogens with one attached hydrogen (secondary N) is 2. The average molecular weight is 407 g/mol. The van der Waals surface area contributed by atoms with Gasteiger partial charge in [-0.05, 0) is 61.1 Å². The Kier molecular flexibility index (Phi) is 5.77. The fraction of sp³-hybridized carbons (Fsp3) is 0.350. The molecule has 7 heteroatoms. The molecule has 2 N–H and O–H groups in total. The molecule has 0 radical (unpaired) electrons. The van der Waals surface area contributed by atoms with Crippen LogP contribution in [0.3, 0.4) is 0 Å². The van der Waals surface area contributed by atoms with Gasteiger partial charge in [-0.3, -0.25) is 9.52 Å². The van der Waals surface area contributed by atoms with Crippen LogP contribution in [0.25, 0.3) is 0 Å². The van der Waals surface area contributed by atoms with Crippen molar-refractivity contribution in [2.24, 2.45) is 5.92 Å². The molecule has 5 nitrogen and oxygen atoms in total. The molecule has 3 rings (SSSR count). The third kappa shape index (κ3) is 4.82. The van der Waals surface area contributed by atoms with E-state index in [2.05, 4.69) is 10.0 Å². The van der Waals surface area contributed by atoms with E-state index in [0.717, 1.165) is 12.0 Å². The summed E-state index contributed by atoms with van der Waals surface area (Å²) in [5.41, 5.74) is 2.93. The van der Waals surface area contributed by atoms with Crippen LogP contribution in [0.15, 0.2) is 42.5 Å². The zero-order valence-corrected chi connectivity index (χ0v) is 16.9. The Balaban J connectivity index is 1.68. The number of hydrogen-bond donors (Lipinski definition) is 2. The number of benzene rings is 2. The normalized spacial score (nSPS) is 18.8. The Hall–Kier alpha value is -2.05. The van der Waals surface area contributed by atoms with E-state index in [1.165, 1.54) is 0 Å². The van der Waals surface area contributed by atoms with Gasteiger partial charge in [-0.25, -0.2) is 8.42 Å². The molecule has 2 unspecified atom stereocenters. The van der Waals surface area contributed by atoms with Gasteiger partial charge in [0.05, 0.1) is 11.4 Å². The maximum Gasteiger partial charge on any atom is 0.232 e. The van der Waals surface area contributed by atoms with Gasteiger partial charge in [0.15, 0.2) is 0 Å². The van der Waals surface area contributed by atoms with Gasteiger partial charge in [0.25, 0.3) is 0 Å². The highest BCUT2D eigenvalue weighted by Crippen LogP contribution is 2.48. The molecule has 0 heterocycles. The van der Waals surface area contributed by atoms with Crippen molar-refractivity contribution in [3.8, 4) is 0 Å². The lowest BCUT2D eigenvalue weighted by molar-refractivity contribution is -0.117. The Morgan fingerprint density at radius 2 is 1.81 bits per heavy atom. The van der Waals surface area contributed by atoms with Crippen LogP contribution in [-0.4, -0.2) is 20.1 Å². The van der Waals surface area contributed by atoms with E-state index in [1.807, 2.05) is 31.2 Å². The van der Waals surface area contributed by atoms with Crippen molar-refractivity contribution in [3.05, 3.63) is 58.6 Å². The quantitative estimate of drug-likeness (QED) is 0.708. The van der Waals surface area contributed by atoms with Gasteiger partial charge in [-0.15, -0.1) is 0 Å². The van der Waals surface area contributed by atoms with E-state index >= 15 is 0 Å². The van der Waals surface area contributed by atoms with Gasteiger partial charge in [0, 0.05) is 16.6 Å². The fourth-order valence-corrected chi connectivity index (χ4v) is 4.48. The minimum absolute atomic E-state index is 0.0494. The second kappa shape index (κ2) is 7.90. The first kappa shape index (κ1) is 19.7. The van der Waals surface area contributed by atoms with Crippen molar-refractivity contribution in [2.75, 3.05) is 15.8 Å². The largest absolute Gasteiger partial charge is 0.326 e. The summed E-state index contributed by atoms with van der Waals surface area (Å²) in [6.07, 6.45) is 1.34. The van der Waals surface area contributed by atoms with Crippen LogP contribution in [0.2, 0.25) is 5.02 Å². The summed E-state index contributed by atoms with van der Waals surface area (Å²) in [5.74, 6) is 0.139. The van der Waals surface area contributed by atoms with Crippen LogP contribution in [-0.2, 0) is 14.8 Å². The Morgan fingerprint density at radius 1 is 1.15 bits per heavy atom. The highest BCUT2D eigenvalue weighted by Gasteiger charge is 2.44. The Bertz CT molecular complexity index is 942. The zero-order valence-electron chi connectivity index (χ0n) is 15.3.